The summed E-state index contributed by atoms with van der Waals surface area (Å²) < 4.78 is 4.94. The van der Waals surface area contributed by atoms with Crippen LogP contribution in [0, 0.1) is 0 Å². The molecule has 0 heterocycles. The second-order valence-corrected chi connectivity index (χ2v) is 3.41. The molecule has 0 amide bonds. The average Bonchev–Trinajstić information content (AvgIpc) is 2.14. The van der Waals surface area contributed by atoms with Gasteiger partial charge in [0.15, 0.2) is 0 Å². The molecule has 12 heavy (non-hydrogen) atoms. The van der Waals surface area contributed by atoms with Crippen molar-refractivity contribution in [1.82, 2.24) is 0 Å². The summed E-state index contributed by atoms with van der Waals surface area (Å²) in [5.74, 6) is 2.15. The standard InChI is InChI=1S/C10H13OP/c1-11-9-12-8-7-10-5-3-2-4-6-10/h2-8,12H,9H2,1H3. The second kappa shape index (κ2) is 5.93. The minimum absolute atomic E-state index is 0.755. The van der Waals surface area contributed by atoms with Gasteiger partial charge < -0.3 is 4.74 Å². The van der Waals surface area contributed by atoms with Gasteiger partial charge in [-0.1, -0.05) is 50.8 Å². The van der Waals surface area contributed by atoms with Gasteiger partial charge in [0.05, 0.1) is 6.35 Å². The van der Waals surface area contributed by atoms with E-state index in [1.54, 1.807) is 7.11 Å². The van der Waals surface area contributed by atoms with Crippen LogP contribution in [0.3, 0.4) is 0 Å². The van der Waals surface area contributed by atoms with Crippen LogP contribution in [-0.4, -0.2) is 13.5 Å². The zero-order valence-electron chi connectivity index (χ0n) is 7.16. The Kier molecular flexibility index (Phi) is 4.67. The lowest BCUT2D eigenvalue weighted by Crippen LogP contribution is -1.73. The van der Waals surface area contributed by atoms with Crippen molar-refractivity contribution >= 4 is 14.7 Å². The third-order valence-corrected chi connectivity index (χ3v) is 2.28. The van der Waals surface area contributed by atoms with Gasteiger partial charge in [-0.2, -0.15) is 0 Å². The second-order valence-electron chi connectivity index (χ2n) is 2.38. The van der Waals surface area contributed by atoms with Crippen LogP contribution in [0.15, 0.2) is 36.1 Å². The van der Waals surface area contributed by atoms with Crippen molar-refractivity contribution in [2.24, 2.45) is 0 Å². The Hall–Kier alpha value is -0.650. The molecule has 0 radical (unpaired) electrons. The van der Waals surface area contributed by atoms with E-state index >= 15 is 0 Å². The molecule has 2 heteroatoms. The van der Waals surface area contributed by atoms with E-state index in [1.165, 1.54) is 5.56 Å². The quantitative estimate of drug-likeness (QED) is 0.511. The summed E-state index contributed by atoms with van der Waals surface area (Å²) in [5.41, 5.74) is 1.25. The van der Waals surface area contributed by atoms with E-state index in [4.69, 9.17) is 4.74 Å². The summed E-state index contributed by atoms with van der Waals surface area (Å²) in [6.45, 7) is 0. The zero-order valence-corrected chi connectivity index (χ0v) is 8.16. The van der Waals surface area contributed by atoms with Crippen molar-refractivity contribution in [3.63, 3.8) is 0 Å². The molecule has 1 aromatic carbocycles. The molecule has 0 aromatic heterocycles. The van der Waals surface area contributed by atoms with Crippen LogP contribution in [0.1, 0.15) is 5.56 Å². The number of hydrogen-bond acceptors (Lipinski definition) is 1. The SMILES string of the molecule is COCPC=Cc1ccccc1. The fourth-order valence-corrected chi connectivity index (χ4v) is 1.42. The van der Waals surface area contributed by atoms with Crippen molar-refractivity contribution in [2.75, 3.05) is 13.5 Å². The summed E-state index contributed by atoms with van der Waals surface area (Å²) in [6.07, 6.45) is 2.95. The van der Waals surface area contributed by atoms with Crippen LogP contribution < -0.4 is 0 Å². The Morgan fingerprint density at radius 3 is 2.75 bits per heavy atom. The number of rotatable bonds is 4. The summed E-state index contributed by atoms with van der Waals surface area (Å²) in [5, 5.41) is 0. The van der Waals surface area contributed by atoms with Crippen LogP contribution in [-0.2, 0) is 4.74 Å². The van der Waals surface area contributed by atoms with E-state index in [2.05, 4.69) is 24.0 Å². The molecule has 0 N–H and O–H groups in total. The van der Waals surface area contributed by atoms with Gasteiger partial charge in [0, 0.05) is 7.11 Å². The van der Waals surface area contributed by atoms with Crippen LogP contribution in [0.25, 0.3) is 6.08 Å². The van der Waals surface area contributed by atoms with Gasteiger partial charge in [-0.05, 0) is 5.56 Å². The Morgan fingerprint density at radius 2 is 2.08 bits per heavy atom. The highest BCUT2D eigenvalue weighted by molar-refractivity contribution is 7.41. The first kappa shape index (κ1) is 9.44. The average molecular weight is 180 g/mol. The van der Waals surface area contributed by atoms with Gasteiger partial charge in [-0.3, -0.25) is 0 Å². The van der Waals surface area contributed by atoms with Crippen LogP contribution in [0.4, 0.5) is 0 Å². The van der Waals surface area contributed by atoms with E-state index in [0.29, 0.717) is 0 Å². The molecule has 0 saturated heterocycles. The number of methoxy groups -OCH3 is 1. The molecule has 1 atom stereocenters. The Bertz CT molecular complexity index is 231. The molecule has 0 saturated carbocycles. The molecule has 1 rings (SSSR count). The van der Waals surface area contributed by atoms with Crippen LogP contribution in [0.2, 0.25) is 0 Å². The fraction of sp³-hybridized carbons (Fsp3) is 0.200. The maximum absolute atomic E-state index is 4.94. The first-order chi connectivity index (χ1) is 5.93. The third-order valence-electron chi connectivity index (χ3n) is 1.42. The lowest BCUT2D eigenvalue weighted by Gasteiger charge is -1.92. The highest BCUT2D eigenvalue weighted by atomic mass is 31.1. The maximum Gasteiger partial charge on any atom is 0.0662 e. The molecule has 0 spiro atoms. The molecule has 0 aliphatic rings. The summed E-state index contributed by atoms with van der Waals surface area (Å²) >= 11 is 0. The van der Waals surface area contributed by atoms with Gasteiger partial charge >= 0.3 is 0 Å². The largest absolute Gasteiger partial charge is 0.380 e. The number of benzene rings is 1. The van der Waals surface area contributed by atoms with Crippen LogP contribution >= 0.6 is 8.58 Å². The van der Waals surface area contributed by atoms with E-state index in [0.717, 1.165) is 14.9 Å². The summed E-state index contributed by atoms with van der Waals surface area (Å²) in [4.78, 5) is 0. The molecule has 0 aliphatic heterocycles. The van der Waals surface area contributed by atoms with Crippen molar-refractivity contribution in [2.45, 2.75) is 0 Å². The smallest absolute Gasteiger partial charge is 0.0662 e. The highest BCUT2D eigenvalue weighted by Crippen LogP contribution is 2.13. The fourth-order valence-electron chi connectivity index (χ4n) is 0.851. The lowest BCUT2D eigenvalue weighted by atomic mass is 10.2. The molecule has 64 valence electrons. The first-order valence-corrected chi connectivity index (χ1v) is 5.16. The monoisotopic (exact) mass is 180 g/mol. The predicted octanol–water partition coefficient (Wildman–Crippen LogP) is 2.94. The van der Waals surface area contributed by atoms with Gasteiger partial charge in [0.1, 0.15) is 0 Å². The molecule has 1 aromatic rings. The molecule has 0 aliphatic carbocycles. The topological polar surface area (TPSA) is 9.23 Å². The van der Waals surface area contributed by atoms with Crippen molar-refractivity contribution in [3.8, 4) is 0 Å². The molecular weight excluding hydrogens is 167 g/mol. The van der Waals surface area contributed by atoms with E-state index in [9.17, 15) is 0 Å². The van der Waals surface area contributed by atoms with Crippen molar-refractivity contribution < 1.29 is 4.74 Å². The zero-order chi connectivity index (χ0) is 8.65. The molecular formula is C10H13OP. The van der Waals surface area contributed by atoms with Crippen molar-refractivity contribution in [1.29, 1.82) is 0 Å². The van der Waals surface area contributed by atoms with E-state index < -0.39 is 0 Å². The molecule has 1 unspecified atom stereocenters. The van der Waals surface area contributed by atoms with E-state index in [-0.39, 0.29) is 0 Å². The Balaban J connectivity index is 2.36. The van der Waals surface area contributed by atoms with Crippen LogP contribution in [0.5, 0.6) is 0 Å². The van der Waals surface area contributed by atoms with Crippen molar-refractivity contribution in [3.05, 3.63) is 41.7 Å². The molecule has 1 nitrogen and oxygen atoms in total. The number of ether oxygens (including phenoxy) is 1. The first-order valence-electron chi connectivity index (χ1n) is 3.87. The summed E-state index contributed by atoms with van der Waals surface area (Å²) in [7, 11) is 2.48. The molecule has 0 bridgehead atoms. The minimum atomic E-state index is 0.755. The minimum Gasteiger partial charge on any atom is -0.380 e. The van der Waals surface area contributed by atoms with Gasteiger partial charge in [-0.25, -0.2) is 0 Å². The Labute approximate surface area is 75.2 Å². The van der Waals surface area contributed by atoms with Gasteiger partial charge in [-0.15, -0.1) is 0 Å². The Morgan fingerprint density at radius 1 is 1.33 bits per heavy atom. The predicted molar refractivity (Wildman–Crippen MR) is 55.7 cm³/mol. The summed E-state index contributed by atoms with van der Waals surface area (Å²) in [6, 6.07) is 10.3. The third kappa shape index (κ3) is 3.66. The lowest BCUT2D eigenvalue weighted by molar-refractivity contribution is 0.257. The highest BCUT2D eigenvalue weighted by Gasteiger charge is 1.81. The number of hydrogen-bond donors (Lipinski definition) is 0. The normalized spacial score (nSPS) is 11.8. The van der Waals surface area contributed by atoms with Gasteiger partial charge in [0.2, 0.25) is 0 Å². The van der Waals surface area contributed by atoms with Gasteiger partial charge in [0.25, 0.3) is 0 Å². The van der Waals surface area contributed by atoms with E-state index in [1.807, 2.05) is 18.2 Å². The maximum atomic E-state index is 4.94. The molecule has 0 fully saturated rings.